The summed E-state index contributed by atoms with van der Waals surface area (Å²) in [5, 5.41) is 3.15. The van der Waals surface area contributed by atoms with Crippen LogP contribution in [0.4, 0.5) is 17.6 Å². The number of hydrogen-bond acceptors (Lipinski definition) is 8. The Morgan fingerprint density at radius 1 is 1.10 bits per heavy atom. The fourth-order valence-electron chi connectivity index (χ4n) is 2.95. The van der Waals surface area contributed by atoms with Crippen LogP contribution in [-0.2, 0) is 4.74 Å². The van der Waals surface area contributed by atoms with E-state index in [1.54, 1.807) is 18.3 Å². The molecule has 4 rings (SSSR count). The highest BCUT2D eigenvalue weighted by atomic mass is 16.5. The molecule has 1 fully saturated rings. The van der Waals surface area contributed by atoms with Gasteiger partial charge in [-0.05, 0) is 31.2 Å². The summed E-state index contributed by atoms with van der Waals surface area (Å²) >= 11 is 0. The molecule has 0 unspecified atom stereocenters. The van der Waals surface area contributed by atoms with Crippen LogP contribution in [0.1, 0.15) is 16.1 Å². The number of aromatic nitrogens is 4. The number of nitrogens with zero attached hydrogens (tertiary/aromatic N) is 5. The van der Waals surface area contributed by atoms with Gasteiger partial charge in [-0.3, -0.25) is 9.78 Å². The summed E-state index contributed by atoms with van der Waals surface area (Å²) in [5.74, 6) is 1.12. The number of hydrogen-bond donors (Lipinski definition) is 2. The van der Waals surface area contributed by atoms with Crippen molar-refractivity contribution in [3.63, 3.8) is 0 Å². The van der Waals surface area contributed by atoms with Crippen molar-refractivity contribution in [2.75, 3.05) is 36.5 Å². The number of pyridine rings is 2. The van der Waals surface area contributed by atoms with Crippen molar-refractivity contribution < 1.29 is 9.53 Å². The first-order valence-electron chi connectivity index (χ1n) is 9.26. The Bertz CT molecular complexity index is 1020. The molecule has 0 aromatic carbocycles. The molecule has 29 heavy (non-hydrogen) atoms. The van der Waals surface area contributed by atoms with E-state index >= 15 is 0 Å². The summed E-state index contributed by atoms with van der Waals surface area (Å²) in [4.78, 5) is 31.5. The van der Waals surface area contributed by atoms with Crippen LogP contribution in [0.15, 0.2) is 42.7 Å². The lowest BCUT2D eigenvalue weighted by Gasteiger charge is -2.27. The predicted molar refractivity (Wildman–Crippen MR) is 109 cm³/mol. The predicted octanol–water partition coefficient (Wildman–Crippen LogP) is 1.92. The lowest BCUT2D eigenvalue weighted by molar-refractivity contribution is 0.1000. The molecule has 148 valence electrons. The van der Waals surface area contributed by atoms with E-state index in [9.17, 15) is 4.79 Å². The van der Waals surface area contributed by atoms with E-state index in [1.807, 2.05) is 25.1 Å². The number of anilines is 3. The fraction of sp³-hybridized carbons (Fsp3) is 0.250. The molecule has 0 saturated carbocycles. The van der Waals surface area contributed by atoms with Gasteiger partial charge >= 0.3 is 0 Å². The van der Waals surface area contributed by atoms with Crippen LogP contribution in [0.5, 0.6) is 0 Å². The highest BCUT2D eigenvalue weighted by Crippen LogP contribution is 2.25. The van der Waals surface area contributed by atoms with E-state index in [0.717, 1.165) is 17.0 Å². The summed E-state index contributed by atoms with van der Waals surface area (Å²) in [6, 6.07) is 8.90. The van der Waals surface area contributed by atoms with Crippen molar-refractivity contribution >= 4 is 23.5 Å². The van der Waals surface area contributed by atoms with Crippen molar-refractivity contribution in [2.45, 2.75) is 6.92 Å². The minimum atomic E-state index is -0.515. The summed E-state index contributed by atoms with van der Waals surface area (Å²) in [5.41, 5.74) is 8.29. The number of morpholine rings is 1. The summed E-state index contributed by atoms with van der Waals surface area (Å²) in [6.45, 7) is 4.62. The van der Waals surface area contributed by atoms with Gasteiger partial charge in [0.15, 0.2) is 0 Å². The second kappa shape index (κ2) is 8.19. The van der Waals surface area contributed by atoms with E-state index in [-0.39, 0.29) is 0 Å². The second-order valence-electron chi connectivity index (χ2n) is 6.65. The zero-order valence-corrected chi connectivity index (χ0v) is 16.0. The standard InChI is InChI=1S/C20H21N7O2/c1-13-2-3-15(12-23-13)16-11-18(25-17-10-14(19(21)28)4-5-22-17)26-20(24-16)27-6-8-29-9-7-27/h2-5,10-12H,6-9H2,1H3,(H2,21,28)(H,22,24,25,26). The molecule has 4 heterocycles. The zero-order chi connectivity index (χ0) is 20.2. The lowest BCUT2D eigenvalue weighted by Crippen LogP contribution is -2.37. The summed E-state index contributed by atoms with van der Waals surface area (Å²) in [6.07, 6.45) is 3.31. The van der Waals surface area contributed by atoms with E-state index in [0.29, 0.717) is 49.5 Å². The van der Waals surface area contributed by atoms with E-state index in [1.165, 1.54) is 6.20 Å². The molecule has 1 saturated heterocycles. The SMILES string of the molecule is Cc1ccc(-c2cc(Nc3cc(C(N)=O)ccn3)nc(N3CCOCC3)n2)cn1. The van der Waals surface area contributed by atoms with Crippen molar-refractivity contribution in [3.8, 4) is 11.3 Å². The number of rotatable bonds is 5. The van der Waals surface area contributed by atoms with Gasteiger partial charge in [0, 0.05) is 48.4 Å². The molecule has 1 amide bonds. The van der Waals surface area contributed by atoms with Gasteiger partial charge in [-0.25, -0.2) is 9.97 Å². The topological polar surface area (TPSA) is 119 Å². The largest absolute Gasteiger partial charge is 0.378 e. The number of primary amides is 1. The Kier molecular flexibility index (Phi) is 5.30. The van der Waals surface area contributed by atoms with Gasteiger partial charge in [-0.2, -0.15) is 4.98 Å². The number of carbonyl (C=O) groups excluding carboxylic acids is 1. The van der Waals surface area contributed by atoms with Crippen LogP contribution in [0.3, 0.4) is 0 Å². The van der Waals surface area contributed by atoms with Crippen molar-refractivity contribution in [1.82, 2.24) is 19.9 Å². The average molecular weight is 391 g/mol. The molecule has 3 aromatic heterocycles. The van der Waals surface area contributed by atoms with Gasteiger partial charge in [-0.15, -0.1) is 0 Å². The van der Waals surface area contributed by atoms with Crippen molar-refractivity contribution in [1.29, 1.82) is 0 Å². The van der Waals surface area contributed by atoms with Gasteiger partial charge in [0.2, 0.25) is 11.9 Å². The molecule has 0 spiro atoms. The molecule has 3 aromatic rings. The summed E-state index contributed by atoms with van der Waals surface area (Å²) in [7, 11) is 0. The Morgan fingerprint density at radius 3 is 2.66 bits per heavy atom. The maximum atomic E-state index is 11.4. The van der Waals surface area contributed by atoms with E-state index in [2.05, 4.69) is 25.2 Å². The number of carbonyl (C=O) groups is 1. The molecule has 0 bridgehead atoms. The van der Waals surface area contributed by atoms with Crippen LogP contribution in [-0.4, -0.2) is 52.1 Å². The van der Waals surface area contributed by atoms with E-state index in [4.69, 9.17) is 15.5 Å². The van der Waals surface area contributed by atoms with Crippen LogP contribution >= 0.6 is 0 Å². The molecule has 0 aliphatic carbocycles. The Balaban J connectivity index is 1.71. The molecular formula is C20H21N7O2. The minimum Gasteiger partial charge on any atom is -0.378 e. The quantitative estimate of drug-likeness (QED) is 0.677. The average Bonchev–Trinajstić information content (AvgIpc) is 2.75. The minimum absolute atomic E-state index is 0.368. The molecule has 3 N–H and O–H groups in total. The number of nitrogens with one attached hydrogen (secondary N) is 1. The Morgan fingerprint density at radius 2 is 1.93 bits per heavy atom. The van der Waals surface area contributed by atoms with Crippen LogP contribution < -0.4 is 16.0 Å². The van der Waals surface area contributed by atoms with Crippen LogP contribution in [0.2, 0.25) is 0 Å². The molecular weight excluding hydrogens is 370 g/mol. The monoisotopic (exact) mass is 391 g/mol. The van der Waals surface area contributed by atoms with Crippen LogP contribution in [0, 0.1) is 6.92 Å². The fourth-order valence-corrected chi connectivity index (χ4v) is 2.95. The van der Waals surface area contributed by atoms with Gasteiger partial charge in [0.05, 0.1) is 18.9 Å². The number of aryl methyl sites for hydroxylation is 1. The third kappa shape index (κ3) is 4.46. The second-order valence-corrected chi connectivity index (χ2v) is 6.65. The van der Waals surface area contributed by atoms with Gasteiger partial charge in [0.1, 0.15) is 11.6 Å². The normalized spacial score (nSPS) is 13.9. The zero-order valence-electron chi connectivity index (χ0n) is 16.0. The smallest absolute Gasteiger partial charge is 0.248 e. The highest BCUT2D eigenvalue weighted by molar-refractivity contribution is 5.93. The van der Waals surface area contributed by atoms with Gasteiger partial charge in [0.25, 0.3) is 0 Å². The number of amides is 1. The molecule has 0 atom stereocenters. The maximum Gasteiger partial charge on any atom is 0.248 e. The third-order valence-corrected chi connectivity index (χ3v) is 4.52. The van der Waals surface area contributed by atoms with Crippen molar-refractivity contribution in [2.24, 2.45) is 5.73 Å². The Labute approximate surface area is 168 Å². The van der Waals surface area contributed by atoms with Gasteiger partial charge in [-0.1, -0.05) is 0 Å². The summed E-state index contributed by atoms with van der Waals surface area (Å²) < 4.78 is 5.43. The van der Waals surface area contributed by atoms with Crippen LogP contribution in [0.25, 0.3) is 11.3 Å². The van der Waals surface area contributed by atoms with Crippen molar-refractivity contribution in [3.05, 3.63) is 54.0 Å². The molecule has 9 nitrogen and oxygen atoms in total. The maximum absolute atomic E-state index is 11.4. The Hall–Kier alpha value is -3.59. The lowest BCUT2D eigenvalue weighted by atomic mass is 10.2. The first kappa shape index (κ1) is 18.8. The number of nitrogens with two attached hydrogens (primary N) is 1. The molecule has 1 aliphatic rings. The highest BCUT2D eigenvalue weighted by Gasteiger charge is 2.17. The molecule has 0 radical (unpaired) electrons. The van der Waals surface area contributed by atoms with E-state index < -0.39 is 5.91 Å². The number of ether oxygens (including phenoxy) is 1. The first-order valence-corrected chi connectivity index (χ1v) is 9.26. The third-order valence-electron chi connectivity index (χ3n) is 4.52. The first-order chi connectivity index (χ1) is 14.1. The van der Waals surface area contributed by atoms with Gasteiger partial charge < -0.3 is 20.7 Å². The molecule has 9 heteroatoms. The molecule has 1 aliphatic heterocycles.